The quantitative estimate of drug-likeness (QED) is 0.826. The monoisotopic (exact) mass is 339 g/mol. The van der Waals surface area contributed by atoms with Crippen LogP contribution in [0.25, 0.3) is 0 Å². The van der Waals surface area contributed by atoms with E-state index in [1.165, 1.54) is 0 Å². The summed E-state index contributed by atoms with van der Waals surface area (Å²) in [5, 5.41) is 3.89. The van der Waals surface area contributed by atoms with Crippen LogP contribution in [0.3, 0.4) is 0 Å². The number of ether oxygens (including phenoxy) is 1. The smallest absolute Gasteiger partial charge is 0.146 e. The first-order valence-electron chi connectivity index (χ1n) is 6.11. The van der Waals surface area contributed by atoms with Gasteiger partial charge >= 0.3 is 0 Å². The molecule has 2 rings (SSSR count). The molecule has 0 saturated carbocycles. The van der Waals surface area contributed by atoms with Crippen molar-refractivity contribution in [3.8, 4) is 11.5 Å². The molecule has 1 N–H and O–H groups in total. The summed E-state index contributed by atoms with van der Waals surface area (Å²) in [5.41, 5.74) is 1.15. The number of rotatable bonds is 5. The lowest BCUT2D eigenvalue weighted by molar-refractivity contribution is 0.482. The van der Waals surface area contributed by atoms with Gasteiger partial charge in [0.15, 0.2) is 0 Å². The van der Waals surface area contributed by atoms with Crippen molar-refractivity contribution in [1.82, 2.24) is 5.32 Å². The van der Waals surface area contributed by atoms with E-state index in [0.717, 1.165) is 28.9 Å². The lowest BCUT2D eigenvalue weighted by Gasteiger charge is -2.09. The highest BCUT2D eigenvalue weighted by Crippen LogP contribution is 2.30. The maximum absolute atomic E-state index is 6.23. The van der Waals surface area contributed by atoms with Crippen LogP contribution in [0.5, 0.6) is 11.5 Å². The Kier molecular flexibility index (Phi) is 5.25. The molecular weight excluding hydrogens is 326 g/mol. The Balaban J connectivity index is 2.10. The molecule has 2 aromatic rings. The molecule has 0 fully saturated rings. The van der Waals surface area contributed by atoms with E-state index in [1.54, 1.807) is 0 Å². The largest absolute Gasteiger partial charge is 0.456 e. The zero-order chi connectivity index (χ0) is 13.7. The van der Waals surface area contributed by atoms with Gasteiger partial charge in [0.2, 0.25) is 0 Å². The van der Waals surface area contributed by atoms with E-state index in [-0.39, 0.29) is 0 Å². The first-order valence-corrected chi connectivity index (χ1v) is 7.28. The van der Waals surface area contributed by atoms with Crippen LogP contribution in [0.4, 0.5) is 0 Å². The molecule has 2 nitrogen and oxygen atoms in total. The van der Waals surface area contributed by atoms with E-state index >= 15 is 0 Å². The zero-order valence-electron chi connectivity index (χ0n) is 10.6. The van der Waals surface area contributed by atoms with E-state index in [9.17, 15) is 0 Å². The van der Waals surface area contributed by atoms with Crippen LogP contribution in [0.1, 0.15) is 12.5 Å². The second-order valence-electron chi connectivity index (χ2n) is 4.10. The summed E-state index contributed by atoms with van der Waals surface area (Å²) in [5.74, 6) is 1.44. The standard InChI is InChI=1S/C15H15BrClNO/c1-2-18-10-11-3-8-15(14(17)9-11)19-13-6-4-12(16)5-7-13/h3-9,18H,2,10H2,1H3. The minimum Gasteiger partial charge on any atom is -0.456 e. The Labute approximate surface area is 126 Å². The fourth-order valence-corrected chi connectivity index (χ4v) is 2.14. The van der Waals surface area contributed by atoms with Crippen molar-refractivity contribution in [2.75, 3.05) is 6.54 Å². The minimum atomic E-state index is 0.623. The van der Waals surface area contributed by atoms with Crippen LogP contribution < -0.4 is 10.1 Å². The number of hydrogen-bond acceptors (Lipinski definition) is 2. The number of halogens is 2. The van der Waals surface area contributed by atoms with Crippen LogP contribution in [-0.2, 0) is 6.54 Å². The topological polar surface area (TPSA) is 21.3 Å². The fraction of sp³-hybridized carbons (Fsp3) is 0.200. The van der Waals surface area contributed by atoms with E-state index < -0.39 is 0 Å². The molecule has 0 radical (unpaired) electrons. The van der Waals surface area contributed by atoms with Crippen molar-refractivity contribution in [3.63, 3.8) is 0 Å². The highest BCUT2D eigenvalue weighted by molar-refractivity contribution is 9.10. The summed E-state index contributed by atoms with van der Waals surface area (Å²) in [6.45, 7) is 3.83. The molecule has 0 aliphatic heterocycles. The molecule has 0 heterocycles. The Morgan fingerprint density at radius 2 is 1.89 bits per heavy atom. The molecule has 0 saturated heterocycles. The maximum atomic E-state index is 6.23. The van der Waals surface area contributed by atoms with Gasteiger partial charge in [-0.3, -0.25) is 0 Å². The molecule has 0 bridgehead atoms. The lowest BCUT2D eigenvalue weighted by atomic mass is 10.2. The third kappa shape index (κ3) is 4.23. The third-order valence-corrected chi connectivity index (χ3v) is 3.44. The molecule has 4 heteroatoms. The predicted molar refractivity (Wildman–Crippen MR) is 83.0 cm³/mol. The van der Waals surface area contributed by atoms with Crippen molar-refractivity contribution in [2.45, 2.75) is 13.5 Å². The maximum Gasteiger partial charge on any atom is 0.146 e. The van der Waals surface area contributed by atoms with Gasteiger partial charge in [-0.05, 0) is 48.5 Å². The van der Waals surface area contributed by atoms with Crippen LogP contribution in [0, 0.1) is 0 Å². The summed E-state index contributed by atoms with van der Waals surface area (Å²) >= 11 is 9.62. The highest BCUT2D eigenvalue weighted by atomic mass is 79.9. The molecule has 0 unspecified atom stereocenters. The molecule has 0 aliphatic carbocycles. The Bertz CT molecular complexity index is 542. The Morgan fingerprint density at radius 1 is 1.16 bits per heavy atom. The Morgan fingerprint density at radius 3 is 2.53 bits per heavy atom. The average molecular weight is 341 g/mol. The summed E-state index contributed by atoms with van der Waals surface area (Å²) in [6, 6.07) is 13.5. The van der Waals surface area contributed by atoms with Crippen molar-refractivity contribution in [1.29, 1.82) is 0 Å². The normalized spacial score (nSPS) is 10.5. The number of nitrogens with one attached hydrogen (secondary N) is 1. The molecule has 0 aliphatic rings. The van der Waals surface area contributed by atoms with Gasteiger partial charge in [0.25, 0.3) is 0 Å². The van der Waals surface area contributed by atoms with Gasteiger partial charge in [-0.25, -0.2) is 0 Å². The number of hydrogen-bond donors (Lipinski definition) is 1. The number of benzene rings is 2. The highest BCUT2D eigenvalue weighted by Gasteiger charge is 2.04. The van der Waals surface area contributed by atoms with Crippen molar-refractivity contribution in [3.05, 3.63) is 57.5 Å². The zero-order valence-corrected chi connectivity index (χ0v) is 13.0. The van der Waals surface area contributed by atoms with E-state index in [0.29, 0.717) is 10.8 Å². The van der Waals surface area contributed by atoms with E-state index in [1.807, 2.05) is 42.5 Å². The molecule has 0 aromatic heterocycles. The third-order valence-electron chi connectivity index (χ3n) is 2.62. The first kappa shape index (κ1) is 14.4. The second-order valence-corrected chi connectivity index (χ2v) is 5.42. The van der Waals surface area contributed by atoms with Crippen molar-refractivity contribution >= 4 is 27.5 Å². The van der Waals surface area contributed by atoms with E-state index in [2.05, 4.69) is 28.2 Å². The molecule has 0 spiro atoms. The first-order chi connectivity index (χ1) is 9.19. The molecule has 2 aromatic carbocycles. The Hall–Kier alpha value is -1.03. The summed E-state index contributed by atoms with van der Waals surface area (Å²) in [7, 11) is 0. The molecule has 19 heavy (non-hydrogen) atoms. The second kappa shape index (κ2) is 6.94. The molecular formula is C15H15BrClNO. The van der Waals surface area contributed by atoms with Crippen LogP contribution in [0.2, 0.25) is 5.02 Å². The molecule has 100 valence electrons. The average Bonchev–Trinajstić information content (AvgIpc) is 2.41. The van der Waals surface area contributed by atoms with Crippen LogP contribution in [0.15, 0.2) is 46.9 Å². The summed E-state index contributed by atoms with van der Waals surface area (Å²) in [4.78, 5) is 0. The molecule has 0 atom stereocenters. The minimum absolute atomic E-state index is 0.623. The fourth-order valence-electron chi connectivity index (χ4n) is 1.64. The van der Waals surface area contributed by atoms with Crippen molar-refractivity contribution in [2.24, 2.45) is 0 Å². The van der Waals surface area contributed by atoms with Gasteiger partial charge < -0.3 is 10.1 Å². The van der Waals surface area contributed by atoms with Gasteiger partial charge in [-0.1, -0.05) is 40.5 Å². The van der Waals surface area contributed by atoms with Gasteiger partial charge in [0, 0.05) is 11.0 Å². The van der Waals surface area contributed by atoms with E-state index in [4.69, 9.17) is 16.3 Å². The summed E-state index contributed by atoms with van der Waals surface area (Å²) < 4.78 is 6.77. The van der Waals surface area contributed by atoms with Crippen LogP contribution in [-0.4, -0.2) is 6.54 Å². The van der Waals surface area contributed by atoms with Gasteiger partial charge in [0.05, 0.1) is 5.02 Å². The van der Waals surface area contributed by atoms with Crippen LogP contribution >= 0.6 is 27.5 Å². The van der Waals surface area contributed by atoms with Gasteiger partial charge in [0.1, 0.15) is 11.5 Å². The predicted octanol–water partition coefficient (Wildman–Crippen LogP) is 5.00. The summed E-state index contributed by atoms with van der Waals surface area (Å²) in [6.07, 6.45) is 0. The van der Waals surface area contributed by atoms with Crippen molar-refractivity contribution < 1.29 is 4.74 Å². The van der Waals surface area contributed by atoms with Gasteiger partial charge in [-0.2, -0.15) is 0 Å². The lowest BCUT2D eigenvalue weighted by Crippen LogP contribution is -2.11. The molecule has 0 amide bonds. The van der Waals surface area contributed by atoms with Gasteiger partial charge in [-0.15, -0.1) is 0 Å². The SMILES string of the molecule is CCNCc1ccc(Oc2ccc(Br)cc2)c(Cl)c1.